The van der Waals surface area contributed by atoms with Crippen molar-refractivity contribution in [3.63, 3.8) is 0 Å². The molecule has 1 atom stereocenters. The lowest BCUT2D eigenvalue weighted by atomic mass is 10.2. The van der Waals surface area contributed by atoms with Crippen LogP contribution in [0.5, 0.6) is 0 Å². The summed E-state index contributed by atoms with van der Waals surface area (Å²) in [6.07, 6.45) is -0.163. The van der Waals surface area contributed by atoms with E-state index in [2.05, 4.69) is 0 Å². The molecule has 0 bridgehead atoms. The molecule has 68 valence electrons. The molecule has 1 N–H and O–H groups in total. The summed E-state index contributed by atoms with van der Waals surface area (Å²) >= 11 is 0. The molecule has 0 aromatic heterocycles. The fraction of sp³-hybridized carbons (Fsp3) is 0.750. The molecular formula is C8H14N2O2. The van der Waals surface area contributed by atoms with Gasteiger partial charge in [-0.25, -0.2) is 4.79 Å². The average molecular weight is 170 g/mol. The molecule has 12 heavy (non-hydrogen) atoms. The monoisotopic (exact) mass is 170 g/mol. The Balaban J connectivity index is 3.97. The first kappa shape index (κ1) is 10.8. The molecule has 0 saturated carbocycles. The van der Waals surface area contributed by atoms with Crippen molar-refractivity contribution in [3.8, 4) is 6.07 Å². The summed E-state index contributed by atoms with van der Waals surface area (Å²) in [6.45, 7) is 4.43. The normalized spacial score (nSPS) is 11.8. The number of amides is 1. The SMILES string of the molecule is CCCN(CC(C)C#N)C(=O)O. The van der Waals surface area contributed by atoms with Crippen LogP contribution in [0.15, 0.2) is 0 Å². The number of carbonyl (C=O) groups is 1. The van der Waals surface area contributed by atoms with Crippen molar-refractivity contribution >= 4 is 6.09 Å². The Morgan fingerprint density at radius 3 is 2.67 bits per heavy atom. The molecule has 0 aromatic rings. The minimum atomic E-state index is -0.945. The zero-order valence-corrected chi connectivity index (χ0v) is 7.45. The maximum atomic E-state index is 10.6. The summed E-state index contributed by atoms with van der Waals surface area (Å²) in [5, 5.41) is 17.1. The van der Waals surface area contributed by atoms with Crippen LogP contribution < -0.4 is 0 Å². The molecule has 0 aromatic carbocycles. The van der Waals surface area contributed by atoms with E-state index in [9.17, 15) is 4.79 Å². The Morgan fingerprint density at radius 2 is 2.33 bits per heavy atom. The first-order valence-corrected chi connectivity index (χ1v) is 3.99. The van der Waals surface area contributed by atoms with Crippen LogP contribution >= 0.6 is 0 Å². The average Bonchev–Trinajstić information content (AvgIpc) is 2.03. The van der Waals surface area contributed by atoms with E-state index in [1.54, 1.807) is 6.92 Å². The molecule has 0 fully saturated rings. The van der Waals surface area contributed by atoms with E-state index in [-0.39, 0.29) is 5.92 Å². The second kappa shape index (κ2) is 5.42. The predicted molar refractivity (Wildman–Crippen MR) is 44.7 cm³/mol. The Hall–Kier alpha value is -1.24. The summed E-state index contributed by atoms with van der Waals surface area (Å²) in [7, 11) is 0. The van der Waals surface area contributed by atoms with Gasteiger partial charge in [0.15, 0.2) is 0 Å². The van der Waals surface area contributed by atoms with Crippen molar-refractivity contribution in [3.05, 3.63) is 0 Å². The second-order valence-corrected chi connectivity index (χ2v) is 2.76. The fourth-order valence-electron chi connectivity index (χ4n) is 0.906. The Kier molecular flexibility index (Phi) is 4.86. The zero-order valence-electron chi connectivity index (χ0n) is 7.45. The van der Waals surface area contributed by atoms with Crippen LogP contribution in [-0.4, -0.2) is 29.2 Å². The minimum absolute atomic E-state index is 0.229. The van der Waals surface area contributed by atoms with E-state index in [0.717, 1.165) is 6.42 Å². The lowest BCUT2D eigenvalue weighted by Crippen LogP contribution is -2.33. The molecule has 0 rings (SSSR count). The van der Waals surface area contributed by atoms with Crippen LogP contribution in [-0.2, 0) is 0 Å². The molecule has 0 aliphatic carbocycles. The van der Waals surface area contributed by atoms with Gasteiger partial charge in [-0.05, 0) is 13.3 Å². The number of hydrogen-bond acceptors (Lipinski definition) is 2. The van der Waals surface area contributed by atoms with Gasteiger partial charge in [-0.15, -0.1) is 0 Å². The maximum absolute atomic E-state index is 10.6. The molecule has 0 saturated heterocycles. The van der Waals surface area contributed by atoms with Gasteiger partial charge in [-0.1, -0.05) is 6.92 Å². The number of nitriles is 1. The molecule has 0 spiro atoms. The third-order valence-corrected chi connectivity index (χ3v) is 1.48. The Morgan fingerprint density at radius 1 is 1.75 bits per heavy atom. The summed E-state index contributed by atoms with van der Waals surface area (Å²) in [4.78, 5) is 11.8. The van der Waals surface area contributed by atoms with Gasteiger partial charge < -0.3 is 10.0 Å². The second-order valence-electron chi connectivity index (χ2n) is 2.76. The molecule has 1 unspecified atom stereocenters. The lowest BCUT2D eigenvalue weighted by molar-refractivity contribution is 0.141. The van der Waals surface area contributed by atoms with Crippen molar-refractivity contribution in [1.29, 1.82) is 5.26 Å². The van der Waals surface area contributed by atoms with E-state index in [1.165, 1.54) is 4.90 Å². The van der Waals surface area contributed by atoms with Crippen LogP contribution in [0.25, 0.3) is 0 Å². The molecule has 1 amide bonds. The fourth-order valence-corrected chi connectivity index (χ4v) is 0.906. The highest BCUT2D eigenvalue weighted by Crippen LogP contribution is 1.99. The highest BCUT2D eigenvalue weighted by molar-refractivity contribution is 5.64. The van der Waals surface area contributed by atoms with Crippen molar-refractivity contribution in [2.24, 2.45) is 5.92 Å². The van der Waals surface area contributed by atoms with Crippen LogP contribution in [0.2, 0.25) is 0 Å². The molecule has 0 radical (unpaired) electrons. The quantitative estimate of drug-likeness (QED) is 0.695. The number of rotatable bonds is 4. The third kappa shape index (κ3) is 3.81. The standard InChI is InChI=1S/C8H14N2O2/c1-3-4-10(8(11)12)6-7(2)5-9/h7H,3-4,6H2,1-2H3,(H,11,12). The van der Waals surface area contributed by atoms with E-state index >= 15 is 0 Å². The molecular weight excluding hydrogens is 156 g/mol. The number of nitrogens with zero attached hydrogens (tertiary/aromatic N) is 2. The van der Waals surface area contributed by atoms with Gasteiger partial charge in [0.2, 0.25) is 0 Å². The summed E-state index contributed by atoms with van der Waals surface area (Å²) in [5.74, 6) is -0.229. The predicted octanol–water partition coefficient (Wildman–Crippen LogP) is 1.54. The third-order valence-electron chi connectivity index (χ3n) is 1.48. The Bertz CT molecular complexity index is 186. The van der Waals surface area contributed by atoms with Gasteiger partial charge in [0.05, 0.1) is 12.0 Å². The summed E-state index contributed by atoms with van der Waals surface area (Å²) in [6, 6.07) is 2.00. The number of hydrogen-bond donors (Lipinski definition) is 1. The van der Waals surface area contributed by atoms with Gasteiger partial charge in [-0.2, -0.15) is 5.26 Å². The van der Waals surface area contributed by atoms with Gasteiger partial charge in [0.25, 0.3) is 0 Å². The van der Waals surface area contributed by atoms with E-state index in [1.807, 2.05) is 13.0 Å². The summed E-state index contributed by atoms with van der Waals surface area (Å²) < 4.78 is 0. The van der Waals surface area contributed by atoms with Crippen LogP contribution in [0, 0.1) is 17.2 Å². The van der Waals surface area contributed by atoms with Gasteiger partial charge >= 0.3 is 6.09 Å². The highest BCUT2D eigenvalue weighted by atomic mass is 16.4. The first-order valence-electron chi connectivity index (χ1n) is 3.99. The van der Waals surface area contributed by atoms with Crippen molar-refractivity contribution in [1.82, 2.24) is 4.90 Å². The largest absolute Gasteiger partial charge is 0.465 e. The van der Waals surface area contributed by atoms with Crippen molar-refractivity contribution < 1.29 is 9.90 Å². The highest BCUT2D eigenvalue weighted by Gasteiger charge is 2.13. The van der Waals surface area contributed by atoms with Crippen molar-refractivity contribution in [2.75, 3.05) is 13.1 Å². The lowest BCUT2D eigenvalue weighted by Gasteiger charge is -2.18. The minimum Gasteiger partial charge on any atom is -0.465 e. The van der Waals surface area contributed by atoms with Crippen molar-refractivity contribution in [2.45, 2.75) is 20.3 Å². The van der Waals surface area contributed by atoms with Crippen LogP contribution in [0.4, 0.5) is 4.79 Å². The molecule has 4 heteroatoms. The van der Waals surface area contributed by atoms with E-state index in [0.29, 0.717) is 13.1 Å². The van der Waals surface area contributed by atoms with Crippen LogP contribution in [0.1, 0.15) is 20.3 Å². The molecule has 0 heterocycles. The van der Waals surface area contributed by atoms with Crippen LogP contribution in [0.3, 0.4) is 0 Å². The first-order chi connectivity index (χ1) is 5.61. The molecule has 0 aliphatic rings. The van der Waals surface area contributed by atoms with Gasteiger partial charge in [0, 0.05) is 13.1 Å². The molecule has 0 aliphatic heterocycles. The van der Waals surface area contributed by atoms with E-state index < -0.39 is 6.09 Å². The van der Waals surface area contributed by atoms with E-state index in [4.69, 9.17) is 10.4 Å². The smallest absolute Gasteiger partial charge is 0.407 e. The maximum Gasteiger partial charge on any atom is 0.407 e. The topological polar surface area (TPSA) is 64.3 Å². The molecule has 4 nitrogen and oxygen atoms in total. The zero-order chi connectivity index (χ0) is 9.56. The number of carboxylic acid groups (broad SMARTS) is 1. The van der Waals surface area contributed by atoms with Gasteiger partial charge in [-0.3, -0.25) is 0 Å². The Labute approximate surface area is 72.4 Å². The van der Waals surface area contributed by atoms with Gasteiger partial charge in [0.1, 0.15) is 0 Å². The summed E-state index contributed by atoms with van der Waals surface area (Å²) in [5.41, 5.74) is 0.